The van der Waals surface area contributed by atoms with Crippen molar-refractivity contribution >= 4 is 39.7 Å². The summed E-state index contributed by atoms with van der Waals surface area (Å²) in [5.74, 6) is -0.562. The summed E-state index contributed by atoms with van der Waals surface area (Å²) in [5, 5.41) is 3.15. The first-order valence-corrected chi connectivity index (χ1v) is 9.90. The number of nitrogens with zero attached hydrogens (tertiary/aromatic N) is 2. The van der Waals surface area contributed by atoms with Crippen LogP contribution in [0, 0.1) is 12.7 Å². The molecule has 1 aliphatic rings. The van der Waals surface area contributed by atoms with Gasteiger partial charge in [0.25, 0.3) is 0 Å². The number of anilines is 3. The van der Waals surface area contributed by atoms with Gasteiger partial charge in [-0.2, -0.15) is 8.42 Å². The first-order valence-electron chi connectivity index (χ1n) is 8.50. The molecule has 0 radical (unpaired) electrons. The van der Waals surface area contributed by atoms with E-state index in [2.05, 4.69) is 5.32 Å². The highest BCUT2D eigenvalue weighted by atomic mass is 35.5. The molecule has 146 valence electrons. The molecule has 1 heterocycles. The Hall–Kier alpha value is -2.09. The van der Waals surface area contributed by atoms with E-state index in [9.17, 15) is 12.8 Å². The molecule has 0 aromatic heterocycles. The number of nitrogens with one attached hydrogen (secondary N) is 1. The van der Waals surface area contributed by atoms with Crippen molar-refractivity contribution in [2.24, 2.45) is 0 Å². The lowest BCUT2D eigenvalue weighted by Crippen LogP contribution is -2.35. The smallest absolute Gasteiger partial charge is 0.314 e. The number of fused-ring (bicyclic) bond motifs is 1. The molecular formula is C19H23ClFN3O2S. The van der Waals surface area contributed by atoms with Crippen LogP contribution in [0.1, 0.15) is 12.5 Å². The molecule has 0 saturated heterocycles. The van der Waals surface area contributed by atoms with Crippen LogP contribution in [-0.4, -0.2) is 28.1 Å². The van der Waals surface area contributed by atoms with Gasteiger partial charge < -0.3 is 5.32 Å². The molecule has 2 aromatic carbocycles. The van der Waals surface area contributed by atoms with Crippen LogP contribution < -0.4 is 13.9 Å². The van der Waals surface area contributed by atoms with Crippen molar-refractivity contribution in [1.82, 2.24) is 5.32 Å². The van der Waals surface area contributed by atoms with Crippen LogP contribution in [0.15, 0.2) is 54.6 Å². The van der Waals surface area contributed by atoms with Gasteiger partial charge in [-0.05, 0) is 43.3 Å². The van der Waals surface area contributed by atoms with Gasteiger partial charge >= 0.3 is 10.2 Å². The predicted octanol–water partition coefficient (Wildman–Crippen LogP) is 3.92. The molecule has 0 saturated carbocycles. The first kappa shape index (κ1) is 21.2. The van der Waals surface area contributed by atoms with Crippen LogP contribution in [0.2, 0.25) is 0 Å². The lowest BCUT2D eigenvalue weighted by atomic mass is 10.2. The minimum absolute atomic E-state index is 0. The fourth-order valence-electron chi connectivity index (χ4n) is 2.90. The van der Waals surface area contributed by atoms with E-state index >= 15 is 0 Å². The molecule has 3 rings (SSSR count). The molecule has 1 aliphatic heterocycles. The summed E-state index contributed by atoms with van der Waals surface area (Å²) in [6.45, 7) is 5.47. The minimum Gasteiger partial charge on any atom is -0.314 e. The summed E-state index contributed by atoms with van der Waals surface area (Å²) in [6.07, 6.45) is 3.68. The largest absolute Gasteiger partial charge is 0.331 e. The Bertz CT molecular complexity index is 934. The molecule has 0 bridgehead atoms. The summed E-state index contributed by atoms with van der Waals surface area (Å²) >= 11 is 0. The van der Waals surface area contributed by atoms with Gasteiger partial charge in [0.05, 0.1) is 23.6 Å². The van der Waals surface area contributed by atoms with E-state index in [0.717, 1.165) is 16.4 Å². The summed E-state index contributed by atoms with van der Waals surface area (Å²) in [5.41, 5.74) is 1.76. The molecule has 0 spiro atoms. The lowest BCUT2D eigenvalue weighted by molar-refractivity contribution is 0.592. The van der Waals surface area contributed by atoms with Crippen LogP contribution in [0.25, 0.3) is 0 Å². The Balaban J connectivity index is 0.00000261. The van der Waals surface area contributed by atoms with Crippen molar-refractivity contribution in [3.63, 3.8) is 0 Å². The highest BCUT2D eigenvalue weighted by Gasteiger charge is 2.41. The number of hydrogen-bond acceptors (Lipinski definition) is 3. The number of aryl methyl sites for hydroxylation is 1. The van der Waals surface area contributed by atoms with Crippen molar-refractivity contribution in [2.75, 3.05) is 28.2 Å². The van der Waals surface area contributed by atoms with Crippen LogP contribution in [0.5, 0.6) is 0 Å². The summed E-state index contributed by atoms with van der Waals surface area (Å²) in [6, 6.07) is 11.5. The predicted molar refractivity (Wildman–Crippen MR) is 111 cm³/mol. The molecule has 8 heteroatoms. The van der Waals surface area contributed by atoms with Gasteiger partial charge in [-0.15, -0.1) is 12.4 Å². The highest BCUT2D eigenvalue weighted by molar-refractivity contribution is 7.95. The molecular weight excluding hydrogens is 389 g/mol. The van der Waals surface area contributed by atoms with E-state index < -0.39 is 16.0 Å². The van der Waals surface area contributed by atoms with Crippen LogP contribution in [-0.2, 0) is 10.2 Å². The van der Waals surface area contributed by atoms with Gasteiger partial charge in [0.2, 0.25) is 0 Å². The highest BCUT2D eigenvalue weighted by Crippen LogP contribution is 2.45. The quantitative estimate of drug-likeness (QED) is 0.579. The molecule has 1 N–H and O–H groups in total. The maximum atomic E-state index is 14.5. The van der Waals surface area contributed by atoms with E-state index in [4.69, 9.17) is 0 Å². The van der Waals surface area contributed by atoms with E-state index in [1.165, 1.54) is 16.4 Å². The number of halogens is 2. The molecule has 0 atom stereocenters. The second-order valence-electron chi connectivity index (χ2n) is 6.03. The first-order chi connectivity index (χ1) is 12.5. The summed E-state index contributed by atoms with van der Waals surface area (Å²) in [7, 11) is -3.91. The van der Waals surface area contributed by atoms with Gasteiger partial charge in [0.15, 0.2) is 0 Å². The van der Waals surface area contributed by atoms with Crippen molar-refractivity contribution in [2.45, 2.75) is 13.8 Å². The molecule has 0 amide bonds. The summed E-state index contributed by atoms with van der Waals surface area (Å²) in [4.78, 5) is 0. The second-order valence-corrected chi connectivity index (χ2v) is 7.73. The number of para-hydroxylation sites is 2. The standard InChI is InChI=1S/C19H22FN3O2S.ClH/c1-3-21-12-6-7-13-22-18-8-4-5-9-19(18)23(26(22,24)25)17-11-10-15(2)14-16(17)20;/h4-11,14,21H,3,12-13H2,1-2H3;1H. The van der Waals surface area contributed by atoms with Crippen molar-refractivity contribution in [3.8, 4) is 0 Å². The topological polar surface area (TPSA) is 52.6 Å². The van der Waals surface area contributed by atoms with Crippen LogP contribution in [0.4, 0.5) is 21.5 Å². The third kappa shape index (κ3) is 4.10. The minimum atomic E-state index is -3.91. The Kier molecular flexibility index (Phi) is 6.86. The number of benzene rings is 2. The number of rotatable bonds is 6. The van der Waals surface area contributed by atoms with Gasteiger partial charge in [0.1, 0.15) is 5.82 Å². The number of hydrogen-bond donors (Lipinski definition) is 1. The Morgan fingerprint density at radius 1 is 1.07 bits per heavy atom. The zero-order valence-corrected chi connectivity index (χ0v) is 16.9. The third-order valence-electron chi connectivity index (χ3n) is 4.15. The maximum Gasteiger partial charge on any atom is 0.331 e. The zero-order chi connectivity index (χ0) is 18.7. The van der Waals surface area contributed by atoms with Crippen LogP contribution in [0.3, 0.4) is 0 Å². The molecule has 2 aromatic rings. The Labute approximate surface area is 166 Å². The van der Waals surface area contributed by atoms with Crippen molar-refractivity contribution < 1.29 is 12.8 Å². The van der Waals surface area contributed by atoms with Crippen molar-refractivity contribution in [1.29, 1.82) is 0 Å². The molecule has 0 aliphatic carbocycles. The molecule has 5 nitrogen and oxygen atoms in total. The molecule has 0 unspecified atom stereocenters. The third-order valence-corrected chi connectivity index (χ3v) is 5.91. The van der Waals surface area contributed by atoms with Crippen molar-refractivity contribution in [3.05, 3.63) is 66.0 Å². The number of likely N-dealkylation sites (N-methyl/N-ethyl adjacent to an activating group) is 1. The average molecular weight is 412 g/mol. The van der Waals surface area contributed by atoms with Crippen LogP contribution >= 0.6 is 12.4 Å². The SMILES string of the molecule is CCNCC=CCN1c2ccccc2N(c2ccc(C)cc2F)S1(=O)=O.Cl. The normalized spacial score (nSPS) is 15.1. The second kappa shape index (κ2) is 8.73. The van der Waals surface area contributed by atoms with E-state index in [1.807, 2.05) is 13.0 Å². The van der Waals surface area contributed by atoms with E-state index in [0.29, 0.717) is 17.9 Å². The van der Waals surface area contributed by atoms with E-state index in [1.54, 1.807) is 43.3 Å². The molecule has 27 heavy (non-hydrogen) atoms. The molecule has 0 fully saturated rings. The monoisotopic (exact) mass is 411 g/mol. The van der Waals surface area contributed by atoms with E-state index in [-0.39, 0.29) is 24.6 Å². The van der Waals surface area contributed by atoms with Gasteiger partial charge in [0, 0.05) is 6.54 Å². The Morgan fingerprint density at radius 3 is 2.44 bits per heavy atom. The average Bonchev–Trinajstić information content (AvgIpc) is 2.82. The summed E-state index contributed by atoms with van der Waals surface area (Å²) < 4.78 is 43.2. The Morgan fingerprint density at radius 2 is 1.78 bits per heavy atom. The fraction of sp³-hybridized carbons (Fsp3) is 0.263. The van der Waals surface area contributed by atoms with Gasteiger partial charge in [-0.3, -0.25) is 0 Å². The lowest BCUT2D eigenvalue weighted by Gasteiger charge is -2.21. The van der Waals surface area contributed by atoms with Gasteiger partial charge in [-0.1, -0.05) is 37.3 Å². The zero-order valence-electron chi connectivity index (χ0n) is 15.2. The maximum absolute atomic E-state index is 14.5. The fourth-order valence-corrected chi connectivity index (χ4v) is 4.57. The van der Waals surface area contributed by atoms with Gasteiger partial charge in [-0.25, -0.2) is 13.0 Å².